The van der Waals surface area contributed by atoms with E-state index in [-0.39, 0.29) is 25.9 Å². The largest absolute Gasteiger partial charge is 0.444 e. The van der Waals surface area contributed by atoms with Crippen molar-refractivity contribution in [1.29, 1.82) is 0 Å². The van der Waals surface area contributed by atoms with Crippen molar-refractivity contribution < 1.29 is 28.2 Å². The molecule has 1 N–H and O–H groups in total. The van der Waals surface area contributed by atoms with Crippen LogP contribution in [-0.4, -0.2) is 70.2 Å². The minimum atomic E-state index is -3.23. The molecule has 2 heterocycles. The maximum Gasteiger partial charge on any atom is 0.410 e. The van der Waals surface area contributed by atoms with Crippen LogP contribution in [0.3, 0.4) is 0 Å². The molecule has 126 valence electrons. The molecule has 0 aromatic carbocycles. The van der Waals surface area contributed by atoms with Crippen LogP contribution in [0.15, 0.2) is 0 Å². The fraction of sp³-hybridized carbons (Fsp3) is 0.857. The topological polar surface area (TPSA) is 70.1 Å². The van der Waals surface area contributed by atoms with E-state index in [1.54, 1.807) is 20.8 Å². The SMILES string of the molecule is CC(C)(C)OC(=O)N1CCC(N2CC[C@@H](O)C2=O)C(F)(F)C1. The van der Waals surface area contributed by atoms with E-state index < -0.39 is 42.2 Å². The van der Waals surface area contributed by atoms with Crippen LogP contribution in [0, 0.1) is 0 Å². The van der Waals surface area contributed by atoms with E-state index in [0.717, 1.165) is 9.80 Å². The van der Waals surface area contributed by atoms with Gasteiger partial charge in [0.1, 0.15) is 11.7 Å². The number of rotatable bonds is 1. The quantitative estimate of drug-likeness (QED) is 0.789. The third-order valence-electron chi connectivity index (χ3n) is 3.80. The number of aliphatic hydroxyl groups is 1. The Labute approximate surface area is 128 Å². The third-order valence-corrected chi connectivity index (χ3v) is 3.80. The van der Waals surface area contributed by atoms with E-state index in [1.807, 2.05) is 0 Å². The lowest BCUT2D eigenvalue weighted by molar-refractivity contribution is -0.154. The van der Waals surface area contributed by atoms with Gasteiger partial charge in [-0.3, -0.25) is 4.79 Å². The van der Waals surface area contributed by atoms with Gasteiger partial charge in [-0.2, -0.15) is 0 Å². The van der Waals surface area contributed by atoms with Crippen LogP contribution in [0.1, 0.15) is 33.6 Å². The average molecular weight is 320 g/mol. The summed E-state index contributed by atoms with van der Waals surface area (Å²) in [5.41, 5.74) is -0.752. The van der Waals surface area contributed by atoms with Crippen molar-refractivity contribution >= 4 is 12.0 Å². The van der Waals surface area contributed by atoms with E-state index in [9.17, 15) is 23.5 Å². The zero-order valence-electron chi connectivity index (χ0n) is 13.0. The van der Waals surface area contributed by atoms with Crippen molar-refractivity contribution in [2.45, 2.75) is 57.3 Å². The van der Waals surface area contributed by atoms with Crippen LogP contribution in [0.4, 0.5) is 13.6 Å². The number of halogens is 2. The lowest BCUT2D eigenvalue weighted by Gasteiger charge is -2.42. The Kier molecular flexibility index (Phi) is 4.34. The molecule has 0 aliphatic carbocycles. The molecule has 0 bridgehead atoms. The summed E-state index contributed by atoms with van der Waals surface area (Å²) in [6.45, 7) is 4.43. The van der Waals surface area contributed by atoms with Gasteiger partial charge in [-0.25, -0.2) is 13.6 Å². The first-order valence-electron chi connectivity index (χ1n) is 7.35. The number of nitrogens with zero attached hydrogens (tertiary/aromatic N) is 2. The van der Waals surface area contributed by atoms with E-state index in [0.29, 0.717) is 0 Å². The molecule has 22 heavy (non-hydrogen) atoms. The van der Waals surface area contributed by atoms with Crippen LogP contribution < -0.4 is 0 Å². The fourth-order valence-electron chi connectivity index (χ4n) is 2.79. The number of likely N-dealkylation sites (tertiary alicyclic amines) is 2. The zero-order valence-corrected chi connectivity index (χ0v) is 13.0. The van der Waals surface area contributed by atoms with Crippen molar-refractivity contribution in [3.05, 3.63) is 0 Å². The van der Waals surface area contributed by atoms with Gasteiger partial charge in [-0.05, 0) is 33.6 Å². The Morgan fingerprint density at radius 2 is 1.95 bits per heavy atom. The van der Waals surface area contributed by atoms with Crippen molar-refractivity contribution in [3.63, 3.8) is 0 Å². The molecule has 6 nitrogen and oxygen atoms in total. The highest BCUT2D eigenvalue weighted by Gasteiger charge is 2.52. The van der Waals surface area contributed by atoms with Crippen molar-refractivity contribution in [2.24, 2.45) is 0 Å². The first-order valence-corrected chi connectivity index (χ1v) is 7.35. The zero-order chi connectivity index (χ0) is 16.7. The van der Waals surface area contributed by atoms with Crippen LogP contribution in [0.25, 0.3) is 0 Å². The highest BCUT2D eigenvalue weighted by atomic mass is 19.3. The van der Waals surface area contributed by atoms with Crippen LogP contribution in [0.2, 0.25) is 0 Å². The second kappa shape index (κ2) is 5.64. The molecule has 0 saturated carbocycles. The molecule has 8 heteroatoms. The Bertz CT molecular complexity index is 464. The Hall–Kier alpha value is -1.44. The molecule has 1 unspecified atom stereocenters. The second-order valence-corrected chi connectivity index (χ2v) is 6.80. The van der Waals surface area contributed by atoms with E-state index >= 15 is 0 Å². The van der Waals surface area contributed by atoms with Crippen LogP contribution in [0.5, 0.6) is 0 Å². The summed E-state index contributed by atoms with van der Waals surface area (Å²) in [6, 6.07) is -1.28. The van der Waals surface area contributed by atoms with E-state index in [2.05, 4.69) is 0 Å². The number of amides is 2. The van der Waals surface area contributed by atoms with Crippen LogP contribution >= 0.6 is 0 Å². The fourth-order valence-corrected chi connectivity index (χ4v) is 2.79. The van der Waals surface area contributed by atoms with Gasteiger partial charge in [-0.1, -0.05) is 0 Å². The van der Waals surface area contributed by atoms with Gasteiger partial charge in [0.25, 0.3) is 11.8 Å². The maximum absolute atomic E-state index is 14.3. The summed E-state index contributed by atoms with van der Waals surface area (Å²) in [4.78, 5) is 25.6. The Morgan fingerprint density at radius 1 is 1.32 bits per heavy atom. The molecule has 2 rings (SSSR count). The summed E-state index contributed by atoms with van der Waals surface area (Å²) in [7, 11) is 0. The molecule has 2 atom stereocenters. The number of carbonyl (C=O) groups is 2. The normalized spacial score (nSPS) is 28.9. The van der Waals surface area contributed by atoms with Gasteiger partial charge < -0.3 is 19.6 Å². The predicted octanol–water partition coefficient (Wildman–Crippen LogP) is 1.22. The number of alkyl halides is 2. The molecule has 2 aliphatic rings. The molecule has 0 spiro atoms. The molecule has 0 aromatic heterocycles. The first-order chi connectivity index (χ1) is 10.0. The summed E-state index contributed by atoms with van der Waals surface area (Å²) < 4.78 is 33.8. The lowest BCUT2D eigenvalue weighted by Crippen LogP contribution is -2.60. The number of aliphatic hydroxyl groups excluding tert-OH is 1. The van der Waals surface area contributed by atoms with Gasteiger partial charge in [0.05, 0.1) is 12.6 Å². The maximum atomic E-state index is 14.3. The van der Waals surface area contributed by atoms with Crippen molar-refractivity contribution in [3.8, 4) is 0 Å². The van der Waals surface area contributed by atoms with Crippen molar-refractivity contribution in [1.82, 2.24) is 9.80 Å². The highest BCUT2D eigenvalue weighted by Crippen LogP contribution is 2.34. The summed E-state index contributed by atoms with van der Waals surface area (Å²) in [6.07, 6.45) is -1.84. The number of hydrogen-bond donors (Lipinski definition) is 1. The minimum absolute atomic E-state index is 0.0370. The molecule has 2 amide bonds. The average Bonchev–Trinajstić information content (AvgIpc) is 2.67. The highest BCUT2D eigenvalue weighted by molar-refractivity contribution is 5.83. The Balaban J connectivity index is 2.04. The number of carbonyl (C=O) groups excluding carboxylic acids is 2. The third kappa shape index (κ3) is 3.48. The standard InChI is InChI=1S/C14H22F2N2O4/c1-13(2,3)22-12(21)17-6-5-10(14(15,16)8-17)18-7-4-9(19)11(18)20/h9-10,19H,4-8H2,1-3H3/t9-,10?/m1/s1. The van der Waals surface area contributed by atoms with E-state index in [4.69, 9.17) is 4.74 Å². The molecule has 2 saturated heterocycles. The number of hydrogen-bond acceptors (Lipinski definition) is 4. The van der Waals surface area contributed by atoms with Crippen LogP contribution in [-0.2, 0) is 9.53 Å². The minimum Gasteiger partial charge on any atom is -0.444 e. The van der Waals surface area contributed by atoms with Crippen molar-refractivity contribution in [2.75, 3.05) is 19.6 Å². The lowest BCUT2D eigenvalue weighted by atomic mass is 9.99. The van der Waals surface area contributed by atoms with Gasteiger partial charge in [-0.15, -0.1) is 0 Å². The van der Waals surface area contributed by atoms with E-state index in [1.165, 1.54) is 0 Å². The van der Waals surface area contributed by atoms with Gasteiger partial charge >= 0.3 is 6.09 Å². The summed E-state index contributed by atoms with van der Waals surface area (Å²) in [5, 5.41) is 9.42. The molecule has 2 fully saturated rings. The predicted molar refractivity (Wildman–Crippen MR) is 73.5 cm³/mol. The molecule has 0 aromatic rings. The molecule has 2 aliphatic heterocycles. The monoisotopic (exact) mass is 320 g/mol. The first kappa shape index (κ1) is 16.9. The molecule has 0 radical (unpaired) electrons. The summed E-state index contributed by atoms with van der Waals surface area (Å²) >= 11 is 0. The number of ether oxygens (including phenoxy) is 1. The second-order valence-electron chi connectivity index (χ2n) is 6.80. The molecular formula is C14H22F2N2O4. The smallest absolute Gasteiger partial charge is 0.410 e. The summed E-state index contributed by atoms with van der Waals surface area (Å²) in [5.74, 6) is -3.88. The van der Waals surface area contributed by atoms with Gasteiger partial charge in [0.2, 0.25) is 0 Å². The Morgan fingerprint density at radius 3 is 2.41 bits per heavy atom. The van der Waals surface area contributed by atoms with Gasteiger partial charge in [0, 0.05) is 13.1 Å². The number of piperidine rings is 1. The van der Waals surface area contributed by atoms with Gasteiger partial charge in [0.15, 0.2) is 0 Å². The molecular weight excluding hydrogens is 298 g/mol.